The van der Waals surface area contributed by atoms with Crippen molar-refractivity contribution in [3.8, 4) is 0 Å². The molecule has 0 spiro atoms. The number of halogens is 3. The van der Waals surface area contributed by atoms with E-state index < -0.39 is 5.91 Å². The third-order valence-electron chi connectivity index (χ3n) is 2.74. The molecular weight excluding hydrogens is 302 g/mol. The number of carbonyl (C=O) groups is 1. The van der Waals surface area contributed by atoms with Crippen LogP contribution in [-0.4, -0.2) is 5.91 Å². The Balaban J connectivity index is 2.15. The van der Waals surface area contributed by atoms with E-state index in [0.717, 1.165) is 5.56 Å². The van der Waals surface area contributed by atoms with Crippen LogP contribution in [0.2, 0.25) is 10.0 Å². The predicted octanol–water partition coefficient (Wildman–Crippen LogP) is 3.84. The number of nitrogens with one attached hydrogen (secondary N) is 1. The van der Waals surface area contributed by atoms with Gasteiger partial charge in [0, 0.05) is 17.1 Å². The molecule has 0 aliphatic rings. The van der Waals surface area contributed by atoms with Crippen LogP contribution in [0.3, 0.4) is 0 Å². The second kappa shape index (κ2) is 6.11. The van der Waals surface area contributed by atoms with Gasteiger partial charge < -0.3 is 11.1 Å². The van der Waals surface area contributed by atoms with E-state index in [9.17, 15) is 9.18 Å². The van der Waals surface area contributed by atoms with Gasteiger partial charge in [-0.25, -0.2) is 4.39 Å². The van der Waals surface area contributed by atoms with Gasteiger partial charge in [0.2, 0.25) is 5.91 Å². The van der Waals surface area contributed by atoms with Crippen molar-refractivity contribution >= 4 is 34.8 Å². The first-order valence-corrected chi connectivity index (χ1v) is 6.50. The molecule has 1 amide bonds. The van der Waals surface area contributed by atoms with Gasteiger partial charge in [-0.1, -0.05) is 29.3 Å². The predicted molar refractivity (Wildman–Crippen MR) is 78.7 cm³/mol. The fourth-order valence-electron chi connectivity index (χ4n) is 1.67. The molecule has 0 radical (unpaired) electrons. The summed E-state index contributed by atoms with van der Waals surface area (Å²) in [6.45, 7) is 0.348. The standard InChI is InChI=1S/C14H11Cl2FN2O/c15-11-4-3-10(17)6-13(11)19-7-9-2-1-8(14(18)20)5-12(9)16/h1-6,19H,7H2,(H2,18,20). The Hall–Kier alpha value is -1.78. The molecule has 0 unspecified atom stereocenters. The number of hydrogen-bond acceptors (Lipinski definition) is 2. The Bertz CT molecular complexity index is 662. The van der Waals surface area contributed by atoms with Gasteiger partial charge in [0.05, 0.1) is 10.7 Å². The number of anilines is 1. The van der Waals surface area contributed by atoms with Crippen LogP contribution in [0.1, 0.15) is 15.9 Å². The summed E-state index contributed by atoms with van der Waals surface area (Å²) in [6.07, 6.45) is 0. The summed E-state index contributed by atoms with van der Waals surface area (Å²) in [5.41, 5.74) is 6.72. The molecule has 3 nitrogen and oxygen atoms in total. The highest BCUT2D eigenvalue weighted by Crippen LogP contribution is 2.24. The van der Waals surface area contributed by atoms with Crippen molar-refractivity contribution in [1.82, 2.24) is 0 Å². The van der Waals surface area contributed by atoms with Crippen LogP contribution in [0.4, 0.5) is 10.1 Å². The van der Waals surface area contributed by atoms with Gasteiger partial charge >= 0.3 is 0 Å². The quantitative estimate of drug-likeness (QED) is 0.901. The molecule has 0 aliphatic heterocycles. The molecule has 0 saturated heterocycles. The number of hydrogen-bond donors (Lipinski definition) is 2. The molecule has 2 aromatic carbocycles. The highest BCUT2D eigenvalue weighted by atomic mass is 35.5. The molecule has 0 aromatic heterocycles. The molecule has 0 aliphatic carbocycles. The van der Waals surface area contributed by atoms with Gasteiger partial charge in [-0.2, -0.15) is 0 Å². The van der Waals surface area contributed by atoms with Crippen molar-refractivity contribution in [2.45, 2.75) is 6.54 Å². The van der Waals surface area contributed by atoms with E-state index in [1.54, 1.807) is 12.1 Å². The van der Waals surface area contributed by atoms with E-state index in [4.69, 9.17) is 28.9 Å². The number of benzene rings is 2. The topological polar surface area (TPSA) is 55.1 Å². The first kappa shape index (κ1) is 14.6. The monoisotopic (exact) mass is 312 g/mol. The molecule has 20 heavy (non-hydrogen) atoms. The minimum Gasteiger partial charge on any atom is -0.380 e. The van der Waals surface area contributed by atoms with E-state index in [-0.39, 0.29) is 5.82 Å². The molecular formula is C14H11Cl2FN2O. The van der Waals surface area contributed by atoms with E-state index in [0.29, 0.717) is 27.8 Å². The molecule has 0 heterocycles. The lowest BCUT2D eigenvalue weighted by Gasteiger charge is -2.10. The highest BCUT2D eigenvalue weighted by Gasteiger charge is 2.07. The largest absolute Gasteiger partial charge is 0.380 e. The molecule has 2 aromatic rings. The maximum atomic E-state index is 13.1. The zero-order valence-corrected chi connectivity index (χ0v) is 11.8. The highest BCUT2D eigenvalue weighted by molar-refractivity contribution is 6.33. The Morgan fingerprint density at radius 3 is 2.55 bits per heavy atom. The number of amides is 1. The average molecular weight is 313 g/mol. The van der Waals surface area contributed by atoms with Crippen molar-refractivity contribution in [2.75, 3.05) is 5.32 Å². The van der Waals surface area contributed by atoms with Crippen molar-refractivity contribution < 1.29 is 9.18 Å². The Morgan fingerprint density at radius 1 is 1.15 bits per heavy atom. The number of primary amides is 1. The average Bonchev–Trinajstić information content (AvgIpc) is 2.40. The lowest BCUT2D eigenvalue weighted by atomic mass is 10.1. The normalized spacial score (nSPS) is 10.3. The van der Waals surface area contributed by atoms with E-state index >= 15 is 0 Å². The van der Waals surface area contributed by atoms with Crippen LogP contribution in [0.5, 0.6) is 0 Å². The van der Waals surface area contributed by atoms with Crippen molar-refractivity contribution in [3.05, 3.63) is 63.4 Å². The van der Waals surface area contributed by atoms with Crippen LogP contribution < -0.4 is 11.1 Å². The van der Waals surface area contributed by atoms with Crippen LogP contribution in [0, 0.1) is 5.82 Å². The second-order valence-electron chi connectivity index (χ2n) is 4.15. The summed E-state index contributed by atoms with van der Waals surface area (Å²) >= 11 is 12.0. The maximum absolute atomic E-state index is 13.1. The first-order chi connectivity index (χ1) is 9.47. The third kappa shape index (κ3) is 3.40. The van der Waals surface area contributed by atoms with Gasteiger partial charge in [0.1, 0.15) is 5.82 Å². The molecule has 0 bridgehead atoms. The van der Waals surface area contributed by atoms with E-state index in [1.165, 1.54) is 24.3 Å². The van der Waals surface area contributed by atoms with Gasteiger partial charge in [0.15, 0.2) is 0 Å². The summed E-state index contributed by atoms with van der Waals surface area (Å²) in [5, 5.41) is 3.80. The summed E-state index contributed by atoms with van der Waals surface area (Å²) in [7, 11) is 0. The minimum atomic E-state index is -0.542. The van der Waals surface area contributed by atoms with Gasteiger partial charge in [-0.05, 0) is 35.9 Å². The van der Waals surface area contributed by atoms with Gasteiger partial charge in [-0.15, -0.1) is 0 Å². The Morgan fingerprint density at radius 2 is 1.90 bits per heavy atom. The minimum absolute atomic E-state index is 0.336. The fraction of sp³-hybridized carbons (Fsp3) is 0.0714. The molecule has 6 heteroatoms. The third-order valence-corrected chi connectivity index (χ3v) is 3.42. The zero-order valence-electron chi connectivity index (χ0n) is 10.3. The first-order valence-electron chi connectivity index (χ1n) is 5.74. The van der Waals surface area contributed by atoms with Gasteiger partial charge in [-0.3, -0.25) is 4.79 Å². The molecule has 0 fully saturated rings. The molecule has 0 atom stereocenters. The maximum Gasteiger partial charge on any atom is 0.248 e. The lowest BCUT2D eigenvalue weighted by molar-refractivity contribution is 0.100. The van der Waals surface area contributed by atoms with Gasteiger partial charge in [0.25, 0.3) is 0 Å². The number of rotatable bonds is 4. The summed E-state index contributed by atoms with van der Waals surface area (Å²) in [4.78, 5) is 11.0. The molecule has 0 saturated carbocycles. The van der Waals surface area contributed by atoms with Crippen LogP contribution in [0.15, 0.2) is 36.4 Å². The Kier molecular flexibility index (Phi) is 4.47. The summed E-state index contributed by atoms with van der Waals surface area (Å²) < 4.78 is 13.1. The van der Waals surface area contributed by atoms with Crippen LogP contribution in [0.25, 0.3) is 0 Å². The molecule has 104 valence electrons. The fourth-order valence-corrected chi connectivity index (χ4v) is 2.10. The smallest absolute Gasteiger partial charge is 0.248 e. The zero-order chi connectivity index (χ0) is 14.7. The number of nitrogens with two attached hydrogens (primary N) is 1. The van der Waals surface area contributed by atoms with Crippen molar-refractivity contribution in [3.63, 3.8) is 0 Å². The Labute approximate surface area is 125 Å². The molecule has 2 rings (SSSR count). The summed E-state index contributed by atoms with van der Waals surface area (Å²) in [5.74, 6) is -0.924. The second-order valence-corrected chi connectivity index (χ2v) is 4.96. The van der Waals surface area contributed by atoms with E-state index in [2.05, 4.69) is 5.32 Å². The van der Waals surface area contributed by atoms with Crippen molar-refractivity contribution in [2.24, 2.45) is 5.73 Å². The summed E-state index contributed by atoms with van der Waals surface area (Å²) in [6, 6.07) is 8.81. The SMILES string of the molecule is NC(=O)c1ccc(CNc2cc(F)ccc2Cl)c(Cl)c1. The van der Waals surface area contributed by atoms with Crippen molar-refractivity contribution in [1.29, 1.82) is 0 Å². The lowest BCUT2D eigenvalue weighted by Crippen LogP contribution is -2.11. The molecule has 3 N–H and O–H groups in total. The van der Waals surface area contributed by atoms with Crippen LogP contribution >= 0.6 is 23.2 Å². The number of carbonyl (C=O) groups excluding carboxylic acids is 1. The van der Waals surface area contributed by atoms with Crippen LogP contribution in [-0.2, 0) is 6.54 Å². The van der Waals surface area contributed by atoms with E-state index in [1.807, 2.05) is 0 Å².